The van der Waals surface area contributed by atoms with Gasteiger partial charge in [-0.2, -0.15) is 0 Å². The van der Waals surface area contributed by atoms with Crippen LogP contribution >= 0.6 is 11.3 Å². The third kappa shape index (κ3) is 4.80. The van der Waals surface area contributed by atoms with Crippen molar-refractivity contribution in [2.75, 3.05) is 5.32 Å². The van der Waals surface area contributed by atoms with E-state index in [-0.39, 0.29) is 17.9 Å². The predicted octanol–water partition coefficient (Wildman–Crippen LogP) is 4.80. The molecule has 1 aromatic carbocycles. The highest BCUT2D eigenvalue weighted by Crippen LogP contribution is 2.31. The molecular formula is C25H27N5O2S. The molecule has 0 radical (unpaired) electrons. The molecule has 0 aliphatic carbocycles. The minimum Gasteiger partial charge on any atom is -0.318 e. The van der Waals surface area contributed by atoms with E-state index < -0.39 is 0 Å². The lowest BCUT2D eigenvalue weighted by Gasteiger charge is -2.10. The highest BCUT2D eigenvalue weighted by Gasteiger charge is 2.16. The molecule has 2 N–H and O–H groups in total. The lowest BCUT2D eigenvalue weighted by molar-refractivity contribution is -0.116. The van der Waals surface area contributed by atoms with Gasteiger partial charge in [0.15, 0.2) is 5.13 Å². The summed E-state index contributed by atoms with van der Waals surface area (Å²) < 4.78 is 2.21. The number of nitrogens with zero attached hydrogens (tertiary/aromatic N) is 3. The Morgan fingerprint density at radius 3 is 2.52 bits per heavy atom. The molecule has 0 saturated carbocycles. The van der Waals surface area contributed by atoms with E-state index in [0.717, 1.165) is 28.3 Å². The topological polar surface area (TPSA) is 92.7 Å². The number of amides is 1. The average Bonchev–Trinajstić information content (AvgIpc) is 3.31. The van der Waals surface area contributed by atoms with Crippen LogP contribution in [-0.2, 0) is 11.2 Å². The van der Waals surface area contributed by atoms with Crippen molar-refractivity contribution in [3.8, 4) is 16.9 Å². The molecule has 33 heavy (non-hydrogen) atoms. The molecule has 0 spiro atoms. The molecule has 170 valence electrons. The summed E-state index contributed by atoms with van der Waals surface area (Å²) in [5.41, 5.74) is 7.44. The number of carbonyl (C=O) groups is 1. The Kier molecular flexibility index (Phi) is 6.29. The standard InChI is InChI=1S/C25H27N5O2S/c1-14-6-8-19(9-7-14)30-15(2)12-21(17(30)4)22-13-33-25(28-22)29-23(31)11-10-20-16(3)26-18(5)27-24(20)32/h6-9,12-13H,10-11H2,1-5H3,(H,26,27,32)(H,28,29,31). The molecule has 1 amide bonds. The smallest absolute Gasteiger partial charge is 0.254 e. The molecule has 3 aromatic heterocycles. The second-order valence-electron chi connectivity index (χ2n) is 8.26. The Morgan fingerprint density at radius 2 is 1.82 bits per heavy atom. The van der Waals surface area contributed by atoms with Gasteiger partial charge < -0.3 is 14.9 Å². The van der Waals surface area contributed by atoms with Gasteiger partial charge in [-0.3, -0.25) is 9.59 Å². The van der Waals surface area contributed by atoms with Crippen molar-refractivity contribution in [1.29, 1.82) is 0 Å². The summed E-state index contributed by atoms with van der Waals surface area (Å²) in [6.45, 7) is 9.76. The van der Waals surface area contributed by atoms with E-state index in [4.69, 9.17) is 0 Å². The Morgan fingerprint density at radius 1 is 1.09 bits per heavy atom. The van der Waals surface area contributed by atoms with Crippen molar-refractivity contribution < 1.29 is 4.79 Å². The molecule has 4 aromatic rings. The normalized spacial score (nSPS) is 11.1. The summed E-state index contributed by atoms with van der Waals surface area (Å²) in [6, 6.07) is 10.6. The van der Waals surface area contributed by atoms with E-state index in [0.29, 0.717) is 28.6 Å². The molecule has 0 fully saturated rings. The monoisotopic (exact) mass is 461 g/mol. The number of thiazole rings is 1. The van der Waals surface area contributed by atoms with Crippen molar-refractivity contribution in [1.82, 2.24) is 19.5 Å². The summed E-state index contributed by atoms with van der Waals surface area (Å²) >= 11 is 1.39. The van der Waals surface area contributed by atoms with Gasteiger partial charge >= 0.3 is 0 Å². The van der Waals surface area contributed by atoms with Crippen LogP contribution < -0.4 is 10.9 Å². The molecule has 7 nitrogen and oxygen atoms in total. The molecular weight excluding hydrogens is 434 g/mol. The van der Waals surface area contributed by atoms with Crippen LogP contribution in [0.4, 0.5) is 5.13 Å². The molecule has 8 heteroatoms. The van der Waals surface area contributed by atoms with Gasteiger partial charge in [0.1, 0.15) is 5.82 Å². The number of aromatic nitrogens is 4. The number of hydrogen-bond donors (Lipinski definition) is 2. The number of rotatable bonds is 6. The Bertz CT molecular complexity index is 1380. The number of benzene rings is 1. The number of aryl methyl sites for hydroxylation is 4. The van der Waals surface area contributed by atoms with Gasteiger partial charge in [0.25, 0.3) is 5.56 Å². The zero-order chi connectivity index (χ0) is 23.7. The minimum absolute atomic E-state index is 0.180. The summed E-state index contributed by atoms with van der Waals surface area (Å²) in [4.78, 5) is 36.2. The third-order valence-corrected chi connectivity index (χ3v) is 6.45. The molecule has 0 aliphatic rings. The maximum Gasteiger partial charge on any atom is 0.254 e. The maximum absolute atomic E-state index is 12.5. The fraction of sp³-hybridized carbons (Fsp3) is 0.280. The van der Waals surface area contributed by atoms with Crippen LogP contribution in [0, 0.1) is 34.6 Å². The van der Waals surface area contributed by atoms with Gasteiger partial charge in [0, 0.05) is 45.7 Å². The van der Waals surface area contributed by atoms with Gasteiger partial charge in [0.05, 0.1) is 5.69 Å². The van der Waals surface area contributed by atoms with E-state index in [2.05, 4.69) is 75.9 Å². The van der Waals surface area contributed by atoms with Crippen molar-refractivity contribution in [3.63, 3.8) is 0 Å². The van der Waals surface area contributed by atoms with Crippen molar-refractivity contribution in [2.24, 2.45) is 0 Å². The quantitative estimate of drug-likeness (QED) is 0.431. The largest absolute Gasteiger partial charge is 0.318 e. The zero-order valence-electron chi connectivity index (χ0n) is 19.4. The molecule has 0 unspecified atom stereocenters. The first-order chi connectivity index (χ1) is 15.7. The van der Waals surface area contributed by atoms with E-state index in [9.17, 15) is 9.59 Å². The van der Waals surface area contributed by atoms with Gasteiger partial charge in [-0.15, -0.1) is 11.3 Å². The Labute approximate surface area is 196 Å². The number of nitrogens with one attached hydrogen (secondary N) is 2. The minimum atomic E-state index is -0.187. The first-order valence-corrected chi connectivity index (χ1v) is 11.7. The van der Waals surface area contributed by atoms with Crippen LogP contribution in [0.25, 0.3) is 16.9 Å². The summed E-state index contributed by atoms with van der Waals surface area (Å²) in [5.74, 6) is 0.392. The lowest BCUT2D eigenvalue weighted by Crippen LogP contribution is -2.20. The van der Waals surface area contributed by atoms with Crippen LogP contribution in [0.3, 0.4) is 0 Å². The zero-order valence-corrected chi connectivity index (χ0v) is 20.3. The van der Waals surface area contributed by atoms with E-state index >= 15 is 0 Å². The van der Waals surface area contributed by atoms with Crippen LogP contribution in [0.5, 0.6) is 0 Å². The summed E-state index contributed by atoms with van der Waals surface area (Å²) in [7, 11) is 0. The Hall–Kier alpha value is -3.52. The van der Waals surface area contributed by atoms with Gasteiger partial charge in [-0.05, 0) is 59.2 Å². The van der Waals surface area contributed by atoms with E-state index in [1.807, 2.05) is 5.38 Å². The SMILES string of the molecule is Cc1ccc(-n2c(C)cc(-c3csc(NC(=O)CCc4c(C)nc(C)[nH]c4=O)n3)c2C)cc1. The average molecular weight is 462 g/mol. The number of carbonyl (C=O) groups excluding carboxylic acids is 1. The first-order valence-electron chi connectivity index (χ1n) is 10.8. The summed E-state index contributed by atoms with van der Waals surface area (Å²) in [6.07, 6.45) is 0.516. The van der Waals surface area contributed by atoms with E-state index in [1.165, 1.54) is 16.9 Å². The highest BCUT2D eigenvalue weighted by molar-refractivity contribution is 7.14. The molecule has 3 heterocycles. The van der Waals surface area contributed by atoms with Crippen LogP contribution in [0.2, 0.25) is 0 Å². The summed E-state index contributed by atoms with van der Waals surface area (Å²) in [5, 5.41) is 5.36. The fourth-order valence-corrected chi connectivity index (χ4v) is 4.76. The second-order valence-corrected chi connectivity index (χ2v) is 9.12. The molecule has 4 rings (SSSR count). The fourth-order valence-electron chi connectivity index (χ4n) is 4.03. The van der Waals surface area contributed by atoms with Crippen LogP contribution in [-0.4, -0.2) is 25.4 Å². The molecule has 0 saturated heterocycles. The number of H-pyrrole nitrogens is 1. The number of aromatic amines is 1. The molecule has 0 aliphatic heterocycles. The van der Waals surface area contributed by atoms with Gasteiger partial charge in [-0.1, -0.05) is 17.7 Å². The Balaban J connectivity index is 1.47. The van der Waals surface area contributed by atoms with Crippen molar-refractivity contribution in [2.45, 2.75) is 47.5 Å². The van der Waals surface area contributed by atoms with E-state index in [1.54, 1.807) is 13.8 Å². The lowest BCUT2D eigenvalue weighted by atomic mass is 10.1. The second kappa shape index (κ2) is 9.15. The van der Waals surface area contributed by atoms with Crippen molar-refractivity contribution >= 4 is 22.4 Å². The van der Waals surface area contributed by atoms with Crippen LogP contribution in [0.1, 0.15) is 40.5 Å². The number of hydrogen-bond acceptors (Lipinski definition) is 5. The molecule has 0 atom stereocenters. The predicted molar refractivity (Wildman–Crippen MR) is 132 cm³/mol. The van der Waals surface area contributed by atoms with Gasteiger partial charge in [-0.25, -0.2) is 9.97 Å². The van der Waals surface area contributed by atoms with Crippen LogP contribution in [0.15, 0.2) is 40.5 Å². The van der Waals surface area contributed by atoms with Crippen molar-refractivity contribution in [3.05, 3.63) is 80.1 Å². The maximum atomic E-state index is 12.5. The first kappa shape index (κ1) is 22.7. The number of anilines is 1. The third-order valence-electron chi connectivity index (χ3n) is 5.69. The van der Waals surface area contributed by atoms with Gasteiger partial charge in [0.2, 0.25) is 5.91 Å². The highest BCUT2D eigenvalue weighted by atomic mass is 32.1. The molecule has 0 bridgehead atoms.